The van der Waals surface area contributed by atoms with Gasteiger partial charge in [-0.3, -0.25) is 4.90 Å². The van der Waals surface area contributed by atoms with Crippen molar-refractivity contribution >= 4 is 6.09 Å². The quantitative estimate of drug-likeness (QED) is 0.796. The summed E-state index contributed by atoms with van der Waals surface area (Å²) in [5, 5.41) is 0. The minimum absolute atomic E-state index is 0.0480. The first-order valence-corrected chi connectivity index (χ1v) is 6.99. The minimum atomic E-state index is -0.353. The fourth-order valence-electron chi connectivity index (χ4n) is 2.64. The predicted molar refractivity (Wildman–Crippen MR) is 72.1 cm³/mol. The summed E-state index contributed by atoms with van der Waals surface area (Å²) >= 11 is 0. The van der Waals surface area contributed by atoms with Crippen molar-refractivity contribution in [3.05, 3.63) is 35.9 Å². The van der Waals surface area contributed by atoms with Gasteiger partial charge in [0.2, 0.25) is 0 Å². The van der Waals surface area contributed by atoms with Crippen LogP contribution in [0.5, 0.6) is 0 Å². The van der Waals surface area contributed by atoms with Crippen molar-refractivity contribution in [1.82, 2.24) is 4.90 Å². The third-order valence-corrected chi connectivity index (χ3v) is 3.74. The molecule has 108 valence electrons. The molecular formula is C15H19NO4. The molecule has 5 nitrogen and oxygen atoms in total. The lowest BCUT2D eigenvalue weighted by Crippen LogP contribution is -2.41. The van der Waals surface area contributed by atoms with Gasteiger partial charge in [0, 0.05) is 0 Å². The molecule has 0 radical (unpaired) electrons. The summed E-state index contributed by atoms with van der Waals surface area (Å²) in [4.78, 5) is 13.9. The highest BCUT2D eigenvalue weighted by molar-refractivity contribution is 5.69. The normalized spacial score (nSPS) is 32.2. The molecule has 20 heavy (non-hydrogen) atoms. The van der Waals surface area contributed by atoms with Crippen molar-refractivity contribution in [2.75, 3.05) is 13.2 Å². The van der Waals surface area contributed by atoms with Crippen LogP contribution in [0, 0.1) is 0 Å². The fraction of sp³-hybridized carbons (Fsp3) is 0.533. The molecule has 3 rings (SSSR count). The second-order valence-corrected chi connectivity index (χ2v) is 5.06. The molecule has 0 saturated carbocycles. The zero-order valence-electron chi connectivity index (χ0n) is 11.7. The summed E-state index contributed by atoms with van der Waals surface area (Å²) in [6.45, 7) is 4.61. The fourth-order valence-corrected chi connectivity index (χ4v) is 2.64. The molecule has 2 aliphatic rings. The first-order valence-electron chi connectivity index (χ1n) is 6.99. The zero-order chi connectivity index (χ0) is 14.1. The Labute approximate surface area is 118 Å². The highest BCUT2D eigenvalue weighted by atomic mass is 16.6. The molecule has 1 aromatic rings. The number of benzene rings is 1. The van der Waals surface area contributed by atoms with Crippen LogP contribution in [0.4, 0.5) is 4.79 Å². The number of hydrogen-bond acceptors (Lipinski definition) is 4. The number of carbonyl (C=O) groups excluding carboxylic acids is 1. The maximum atomic E-state index is 12.2. The number of amides is 1. The van der Waals surface area contributed by atoms with E-state index in [1.54, 1.807) is 11.8 Å². The first kappa shape index (κ1) is 13.4. The Morgan fingerprint density at radius 2 is 2.10 bits per heavy atom. The summed E-state index contributed by atoms with van der Waals surface area (Å²) in [6, 6.07) is 9.76. The van der Waals surface area contributed by atoms with Crippen molar-refractivity contribution in [3.8, 4) is 0 Å². The van der Waals surface area contributed by atoms with Gasteiger partial charge in [0.05, 0.1) is 25.4 Å². The molecule has 1 aromatic carbocycles. The lowest BCUT2D eigenvalue weighted by atomic mass is 10.1. The van der Waals surface area contributed by atoms with Crippen LogP contribution in [0.3, 0.4) is 0 Å². The average molecular weight is 277 g/mol. The molecule has 2 heterocycles. The van der Waals surface area contributed by atoms with E-state index < -0.39 is 0 Å². The van der Waals surface area contributed by atoms with Gasteiger partial charge < -0.3 is 14.2 Å². The Morgan fingerprint density at radius 1 is 1.40 bits per heavy atom. The van der Waals surface area contributed by atoms with E-state index in [1.807, 2.05) is 37.3 Å². The molecule has 0 bridgehead atoms. The third-order valence-electron chi connectivity index (χ3n) is 3.74. The van der Waals surface area contributed by atoms with Gasteiger partial charge in [0.25, 0.3) is 0 Å². The van der Waals surface area contributed by atoms with E-state index in [4.69, 9.17) is 14.2 Å². The number of epoxide rings is 1. The van der Waals surface area contributed by atoms with Crippen molar-refractivity contribution in [2.45, 2.75) is 38.3 Å². The van der Waals surface area contributed by atoms with Crippen molar-refractivity contribution < 1.29 is 19.0 Å². The maximum Gasteiger partial charge on any atom is 0.412 e. The molecule has 0 aromatic heterocycles. The Balaban J connectivity index is 1.84. The topological polar surface area (TPSA) is 51.3 Å². The zero-order valence-corrected chi connectivity index (χ0v) is 11.7. The maximum absolute atomic E-state index is 12.2. The van der Waals surface area contributed by atoms with E-state index in [0.29, 0.717) is 13.2 Å². The van der Waals surface area contributed by atoms with Crippen molar-refractivity contribution in [2.24, 2.45) is 0 Å². The second kappa shape index (κ2) is 5.42. The van der Waals surface area contributed by atoms with Gasteiger partial charge in [0.1, 0.15) is 6.10 Å². The van der Waals surface area contributed by atoms with Crippen LogP contribution in [-0.2, 0) is 14.2 Å². The molecule has 0 aliphatic carbocycles. The molecule has 2 fully saturated rings. The van der Waals surface area contributed by atoms with Gasteiger partial charge in [-0.05, 0) is 19.4 Å². The highest BCUT2D eigenvalue weighted by Crippen LogP contribution is 2.38. The summed E-state index contributed by atoms with van der Waals surface area (Å²) < 4.78 is 16.4. The lowest BCUT2D eigenvalue weighted by Gasteiger charge is -2.26. The Kier molecular flexibility index (Phi) is 3.63. The molecule has 2 saturated heterocycles. The minimum Gasteiger partial charge on any atom is -0.450 e. The summed E-state index contributed by atoms with van der Waals surface area (Å²) in [5.41, 5.74) is 1.05. The molecular weight excluding hydrogens is 258 g/mol. The van der Waals surface area contributed by atoms with Gasteiger partial charge in [-0.15, -0.1) is 0 Å². The second-order valence-electron chi connectivity index (χ2n) is 5.06. The number of rotatable bonds is 3. The van der Waals surface area contributed by atoms with Gasteiger partial charge in [-0.2, -0.15) is 0 Å². The monoisotopic (exact) mass is 277 g/mol. The van der Waals surface area contributed by atoms with Crippen molar-refractivity contribution in [3.63, 3.8) is 0 Å². The molecule has 0 unspecified atom stereocenters. The highest BCUT2D eigenvalue weighted by Gasteiger charge is 2.52. The van der Waals surface area contributed by atoms with Crippen molar-refractivity contribution in [1.29, 1.82) is 0 Å². The molecule has 2 aliphatic heterocycles. The van der Waals surface area contributed by atoms with E-state index in [2.05, 4.69) is 0 Å². The molecule has 0 N–H and O–H groups in total. The molecule has 4 atom stereocenters. The standard InChI is InChI=1S/C15H19NO4/c1-3-18-15(17)16-12(11-7-5-4-6-8-11)9-19-14(16)13-10(2)20-13/h4-8,10,12-14H,3,9H2,1-2H3/t10-,12-,13+,14+/m0/s1. The first-order chi connectivity index (χ1) is 9.72. The van der Waals surface area contributed by atoms with Gasteiger partial charge in [-0.25, -0.2) is 4.79 Å². The lowest BCUT2D eigenvalue weighted by molar-refractivity contribution is 0.00524. The number of hydrogen-bond donors (Lipinski definition) is 0. The summed E-state index contributed by atoms with van der Waals surface area (Å²) in [6.07, 6.45) is -0.611. The number of nitrogens with zero attached hydrogens (tertiary/aromatic N) is 1. The van der Waals surface area contributed by atoms with Gasteiger partial charge in [0.15, 0.2) is 6.23 Å². The SMILES string of the molecule is CCOC(=O)N1[C@@H]([C@@H]2O[C@H]2C)OC[C@H]1c1ccccc1. The average Bonchev–Trinajstić information content (AvgIpc) is 3.03. The van der Waals surface area contributed by atoms with E-state index in [-0.39, 0.29) is 30.6 Å². The van der Waals surface area contributed by atoms with E-state index in [0.717, 1.165) is 5.56 Å². The van der Waals surface area contributed by atoms with Crippen LogP contribution >= 0.6 is 0 Å². The van der Waals surface area contributed by atoms with E-state index >= 15 is 0 Å². The van der Waals surface area contributed by atoms with Gasteiger partial charge in [-0.1, -0.05) is 30.3 Å². The Bertz CT molecular complexity index is 478. The Hall–Kier alpha value is -1.59. The molecule has 5 heteroatoms. The van der Waals surface area contributed by atoms with Crippen LogP contribution in [0.15, 0.2) is 30.3 Å². The Morgan fingerprint density at radius 3 is 2.70 bits per heavy atom. The largest absolute Gasteiger partial charge is 0.450 e. The van der Waals surface area contributed by atoms with Crippen LogP contribution in [0.25, 0.3) is 0 Å². The molecule has 1 amide bonds. The number of ether oxygens (including phenoxy) is 3. The summed E-state index contributed by atoms with van der Waals surface area (Å²) in [7, 11) is 0. The van der Waals surface area contributed by atoms with Crippen LogP contribution in [-0.4, -0.2) is 42.6 Å². The number of carbonyl (C=O) groups is 1. The van der Waals surface area contributed by atoms with Crippen LogP contribution < -0.4 is 0 Å². The van der Waals surface area contributed by atoms with Crippen LogP contribution in [0.2, 0.25) is 0 Å². The predicted octanol–water partition coefficient (Wildman–Crippen LogP) is 2.33. The third kappa shape index (κ3) is 2.39. The smallest absolute Gasteiger partial charge is 0.412 e. The van der Waals surface area contributed by atoms with Crippen LogP contribution in [0.1, 0.15) is 25.5 Å². The van der Waals surface area contributed by atoms with E-state index in [1.165, 1.54) is 0 Å². The molecule has 0 spiro atoms. The van der Waals surface area contributed by atoms with E-state index in [9.17, 15) is 4.79 Å². The van der Waals surface area contributed by atoms with Gasteiger partial charge >= 0.3 is 6.09 Å². The summed E-state index contributed by atoms with van der Waals surface area (Å²) in [5.74, 6) is 0.